The summed E-state index contributed by atoms with van der Waals surface area (Å²) in [5, 5.41) is 3.02. The smallest absolute Gasteiger partial charge is 0.456 e. The van der Waals surface area contributed by atoms with Gasteiger partial charge in [0.25, 0.3) is 0 Å². The third-order valence-corrected chi connectivity index (χ3v) is 13.2. The Morgan fingerprint density at radius 1 is 0.500 bits per heavy atom. The lowest BCUT2D eigenvalue weighted by atomic mass is 10.0. The zero-order valence-corrected chi connectivity index (χ0v) is 48.0. The Morgan fingerprint density at radius 3 is 1.38 bits per heavy atom. The minimum Gasteiger partial charge on any atom is -0.456 e. The Kier molecular flexibility index (Phi) is 49.2. The van der Waals surface area contributed by atoms with Crippen molar-refractivity contribution in [1.29, 1.82) is 0 Å². The molecule has 0 aliphatic heterocycles. The number of phosphoric ester groups is 1. The van der Waals surface area contributed by atoms with Crippen molar-refractivity contribution in [2.24, 2.45) is 0 Å². The molecule has 0 aliphatic carbocycles. The molecule has 10 heteroatoms. The van der Waals surface area contributed by atoms with Gasteiger partial charge in [0.15, 0.2) is 0 Å². The number of likely N-dealkylation sites (N-methyl/N-ethyl adjacent to an activating group) is 1. The van der Waals surface area contributed by atoms with Crippen molar-refractivity contribution in [3.63, 3.8) is 0 Å². The Balaban J connectivity index is 5.45. The van der Waals surface area contributed by atoms with Crippen LogP contribution in [-0.2, 0) is 27.9 Å². The van der Waals surface area contributed by atoms with Crippen LogP contribution >= 0.6 is 7.82 Å². The topological polar surface area (TPSA) is 111 Å². The third-order valence-electron chi connectivity index (χ3n) is 12.3. The average molecular weight is 1030 g/mol. The summed E-state index contributed by atoms with van der Waals surface area (Å²) in [6, 6.07) is -0.878. The van der Waals surface area contributed by atoms with Gasteiger partial charge in [-0.1, -0.05) is 208 Å². The highest BCUT2D eigenvalue weighted by Crippen LogP contribution is 2.43. The van der Waals surface area contributed by atoms with Gasteiger partial charge in [-0.2, -0.15) is 0 Å². The standard InChI is InChI=1S/C62H109N2O7P/c1-7-10-13-16-19-22-25-28-30-31-32-33-34-37-40-43-46-49-52-55-62(66)71-60(53-50-47-44-41-38-35-27-24-21-18-15-12-9-3)59(58-70-72(67,68)69-57-56-64(4,5)6)63-61(65)54-51-48-45-42-39-36-29-26-23-20-17-14-11-8-2/h11,14,19-20,22-23,28-30,32-33,36-37,40,50,53,59-60H,7-10,12-13,15-18,21,24-27,31,34-35,38-39,41-49,51-52,54-58H2,1-6H3,(H-,63,65,67,68)/p+1/b14-11+,22-19-,23-20+,30-28-,33-32-,36-29+,40-37-,53-50+. The van der Waals surface area contributed by atoms with Crippen LogP contribution in [0.25, 0.3) is 0 Å². The van der Waals surface area contributed by atoms with E-state index in [1.54, 1.807) is 0 Å². The monoisotopic (exact) mass is 1030 g/mol. The molecule has 0 spiro atoms. The first kappa shape index (κ1) is 68.9. The predicted molar refractivity (Wildman–Crippen MR) is 309 cm³/mol. The number of nitrogens with zero attached hydrogens (tertiary/aromatic N) is 1. The second kappa shape index (κ2) is 51.4. The van der Waals surface area contributed by atoms with Crippen LogP contribution in [0, 0.1) is 0 Å². The van der Waals surface area contributed by atoms with Gasteiger partial charge in [0, 0.05) is 12.8 Å². The van der Waals surface area contributed by atoms with Gasteiger partial charge in [0.2, 0.25) is 5.91 Å². The van der Waals surface area contributed by atoms with E-state index < -0.39 is 20.0 Å². The van der Waals surface area contributed by atoms with Crippen molar-refractivity contribution >= 4 is 19.7 Å². The molecule has 0 heterocycles. The van der Waals surface area contributed by atoms with Crippen LogP contribution in [0.4, 0.5) is 0 Å². The minimum absolute atomic E-state index is 0.0256. The van der Waals surface area contributed by atoms with Crippen molar-refractivity contribution in [2.45, 2.75) is 245 Å². The van der Waals surface area contributed by atoms with Crippen LogP contribution in [0.2, 0.25) is 0 Å². The lowest BCUT2D eigenvalue weighted by Crippen LogP contribution is -2.47. The number of hydrogen-bond donors (Lipinski definition) is 2. The maximum absolute atomic E-state index is 13.5. The van der Waals surface area contributed by atoms with E-state index in [2.05, 4.69) is 111 Å². The molecule has 0 bridgehead atoms. The Labute approximate surface area is 443 Å². The number of allylic oxidation sites excluding steroid dienone is 15. The van der Waals surface area contributed by atoms with Crippen LogP contribution in [0.5, 0.6) is 0 Å². The van der Waals surface area contributed by atoms with Gasteiger partial charge < -0.3 is 19.4 Å². The number of amides is 1. The van der Waals surface area contributed by atoms with E-state index in [9.17, 15) is 19.0 Å². The predicted octanol–water partition coefficient (Wildman–Crippen LogP) is 17.6. The number of carbonyl (C=O) groups is 2. The highest BCUT2D eigenvalue weighted by atomic mass is 31.2. The lowest BCUT2D eigenvalue weighted by Gasteiger charge is -2.27. The van der Waals surface area contributed by atoms with Gasteiger partial charge in [-0.25, -0.2) is 4.57 Å². The van der Waals surface area contributed by atoms with E-state index >= 15 is 0 Å². The third kappa shape index (κ3) is 51.8. The zero-order chi connectivity index (χ0) is 52.9. The highest BCUT2D eigenvalue weighted by molar-refractivity contribution is 7.47. The molecule has 0 saturated carbocycles. The van der Waals surface area contributed by atoms with Gasteiger partial charge in [0.05, 0.1) is 33.8 Å². The fourth-order valence-corrected chi connectivity index (χ4v) is 8.50. The molecule has 0 aromatic rings. The second-order valence-corrected chi connectivity index (χ2v) is 21.9. The highest BCUT2D eigenvalue weighted by Gasteiger charge is 2.30. The first-order valence-corrected chi connectivity index (χ1v) is 30.6. The molecule has 0 saturated heterocycles. The van der Waals surface area contributed by atoms with Crippen LogP contribution in [0.15, 0.2) is 97.2 Å². The van der Waals surface area contributed by atoms with Crippen molar-refractivity contribution in [3.8, 4) is 0 Å². The Bertz CT molecular complexity index is 1560. The van der Waals surface area contributed by atoms with E-state index in [0.717, 1.165) is 103 Å². The first-order valence-electron chi connectivity index (χ1n) is 29.1. The van der Waals surface area contributed by atoms with Gasteiger partial charge >= 0.3 is 13.8 Å². The van der Waals surface area contributed by atoms with Crippen LogP contribution in [0.3, 0.4) is 0 Å². The maximum Gasteiger partial charge on any atom is 0.472 e. The minimum atomic E-state index is -4.46. The molecule has 414 valence electrons. The molecule has 72 heavy (non-hydrogen) atoms. The summed E-state index contributed by atoms with van der Waals surface area (Å²) >= 11 is 0. The summed E-state index contributed by atoms with van der Waals surface area (Å²) in [5.74, 6) is -0.573. The summed E-state index contributed by atoms with van der Waals surface area (Å²) in [6.07, 6.45) is 68.3. The molecule has 0 fully saturated rings. The SMILES string of the molecule is CC/C=C/C/C=C/C/C=C/CCCCCCC(=O)NC(COP(=O)(O)OCC[N+](C)(C)C)C(/C=C/CCCCCCCCCCCCC)OC(=O)CCCCC/C=C\C/C=C\C/C=C\C/C=C\CCCCC. The number of esters is 1. The van der Waals surface area contributed by atoms with E-state index in [1.165, 1.54) is 83.5 Å². The average Bonchev–Trinajstić information content (AvgIpc) is 3.34. The molecule has 1 amide bonds. The number of phosphoric acid groups is 1. The van der Waals surface area contributed by atoms with E-state index in [4.69, 9.17) is 13.8 Å². The van der Waals surface area contributed by atoms with Crippen LogP contribution in [-0.4, -0.2) is 74.3 Å². The largest absolute Gasteiger partial charge is 0.472 e. The molecule has 0 aliphatic rings. The normalized spacial score (nSPS) is 14.5. The van der Waals surface area contributed by atoms with Gasteiger partial charge in [0.1, 0.15) is 19.3 Å². The number of ether oxygens (including phenoxy) is 1. The Morgan fingerprint density at radius 2 is 0.889 bits per heavy atom. The molecule has 0 radical (unpaired) electrons. The fraction of sp³-hybridized carbons (Fsp3) is 0.710. The zero-order valence-electron chi connectivity index (χ0n) is 47.1. The molecular formula is C62H110N2O7P+. The molecular weight excluding hydrogens is 916 g/mol. The fourth-order valence-electron chi connectivity index (χ4n) is 7.76. The van der Waals surface area contributed by atoms with Gasteiger partial charge in [-0.05, 0) is 109 Å². The summed E-state index contributed by atoms with van der Waals surface area (Å²) in [7, 11) is 1.45. The summed E-state index contributed by atoms with van der Waals surface area (Å²) in [5.41, 5.74) is 0. The summed E-state index contributed by atoms with van der Waals surface area (Å²) in [4.78, 5) is 37.6. The number of carbonyl (C=O) groups excluding carboxylic acids is 2. The number of rotatable bonds is 51. The Hall–Kier alpha value is -3.07. The second-order valence-electron chi connectivity index (χ2n) is 20.4. The molecule has 0 aromatic heterocycles. The van der Waals surface area contributed by atoms with Gasteiger partial charge in [-0.15, -0.1) is 0 Å². The van der Waals surface area contributed by atoms with Crippen molar-refractivity contribution < 1.29 is 37.3 Å². The quantitative estimate of drug-likeness (QED) is 0.0205. The molecule has 0 aromatic carbocycles. The molecule has 9 nitrogen and oxygen atoms in total. The van der Waals surface area contributed by atoms with Crippen LogP contribution in [0.1, 0.15) is 233 Å². The van der Waals surface area contributed by atoms with Crippen LogP contribution < -0.4 is 5.32 Å². The number of unbranched alkanes of at least 4 members (excludes halogenated alkanes) is 21. The summed E-state index contributed by atoms with van der Waals surface area (Å²) < 4.78 is 30.6. The maximum atomic E-state index is 13.5. The summed E-state index contributed by atoms with van der Waals surface area (Å²) in [6.45, 7) is 6.81. The number of quaternary nitrogens is 1. The first-order chi connectivity index (χ1) is 34.9. The molecule has 3 unspecified atom stereocenters. The van der Waals surface area contributed by atoms with Crippen molar-refractivity contribution in [1.82, 2.24) is 5.32 Å². The molecule has 3 atom stereocenters. The molecule has 0 rings (SSSR count). The van der Waals surface area contributed by atoms with E-state index in [0.29, 0.717) is 30.3 Å². The number of hydrogen-bond acceptors (Lipinski definition) is 6. The molecule has 2 N–H and O–H groups in total. The van der Waals surface area contributed by atoms with E-state index in [-0.39, 0.29) is 31.5 Å². The van der Waals surface area contributed by atoms with Gasteiger partial charge in [-0.3, -0.25) is 18.6 Å². The lowest BCUT2D eigenvalue weighted by molar-refractivity contribution is -0.870. The number of nitrogens with one attached hydrogen (secondary N) is 1. The van der Waals surface area contributed by atoms with Crippen molar-refractivity contribution in [2.75, 3.05) is 40.9 Å². The van der Waals surface area contributed by atoms with Crippen molar-refractivity contribution in [3.05, 3.63) is 97.2 Å². The van der Waals surface area contributed by atoms with E-state index in [1.807, 2.05) is 33.3 Å².